The van der Waals surface area contributed by atoms with Crippen LogP contribution in [0.3, 0.4) is 0 Å². The lowest BCUT2D eigenvalue weighted by Gasteiger charge is -2.37. The maximum absolute atomic E-state index is 7.17. The average Bonchev–Trinajstić information content (AvgIpc) is 3.53. The molecule has 6 rings (SSSR count). The molecule has 0 saturated heterocycles. The van der Waals surface area contributed by atoms with E-state index in [-0.39, 0.29) is 0 Å². The van der Waals surface area contributed by atoms with E-state index in [0.717, 1.165) is 65.8 Å². The number of imidazole rings is 1. The standard InChI is InChI=1S/C35H38N4O/c1-6-11-12-17-32-36-33-26-15-13-14-16-31(26)40-35(34(33)37-32)29-20-18-24(38(7-2)8-3)22-27(29)28-23-25(19-21-30(28)35)39(9-4)10-5/h6,11-23H,7-10H2,1-5H3,(H,36,37)/b11-6-,17-12-. The van der Waals surface area contributed by atoms with Crippen molar-refractivity contribution in [3.05, 3.63) is 102 Å². The number of rotatable bonds is 8. The van der Waals surface area contributed by atoms with Crippen molar-refractivity contribution in [2.45, 2.75) is 40.2 Å². The van der Waals surface area contributed by atoms with E-state index in [2.05, 4.69) is 97.1 Å². The van der Waals surface area contributed by atoms with Crippen LogP contribution in [0.2, 0.25) is 0 Å². The van der Waals surface area contributed by atoms with Crippen molar-refractivity contribution in [2.75, 3.05) is 36.0 Å². The maximum Gasteiger partial charge on any atom is 0.202 e. The van der Waals surface area contributed by atoms with Gasteiger partial charge in [-0.2, -0.15) is 0 Å². The number of para-hydroxylation sites is 1. The second-order valence-corrected chi connectivity index (χ2v) is 10.3. The summed E-state index contributed by atoms with van der Waals surface area (Å²) >= 11 is 0. The molecule has 4 aromatic rings. The van der Waals surface area contributed by atoms with Crippen molar-refractivity contribution in [1.82, 2.24) is 9.97 Å². The Morgan fingerprint density at radius 2 is 1.38 bits per heavy atom. The minimum Gasteiger partial charge on any atom is -0.471 e. The van der Waals surface area contributed by atoms with E-state index >= 15 is 0 Å². The van der Waals surface area contributed by atoms with Gasteiger partial charge in [0.1, 0.15) is 17.3 Å². The van der Waals surface area contributed by atoms with Crippen LogP contribution in [0.1, 0.15) is 57.3 Å². The summed E-state index contributed by atoms with van der Waals surface area (Å²) in [5.74, 6) is 1.67. The Balaban J connectivity index is 1.65. The molecular formula is C35H38N4O. The van der Waals surface area contributed by atoms with Crippen LogP contribution in [-0.2, 0) is 5.60 Å². The molecule has 2 aliphatic rings. The molecule has 0 amide bonds. The third-order valence-electron chi connectivity index (χ3n) is 8.35. The van der Waals surface area contributed by atoms with Gasteiger partial charge in [-0.1, -0.05) is 42.5 Å². The molecule has 1 aliphatic heterocycles. The van der Waals surface area contributed by atoms with Crippen molar-refractivity contribution >= 4 is 17.5 Å². The van der Waals surface area contributed by atoms with E-state index in [1.807, 2.05) is 37.3 Å². The molecule has 0 fully saturated rings. The molecule has 0 atom stereocenters. The lowest BCUT2D eigenvalue weighted by molar-refractivity contribution is 0.152. The largest absolute Gasteiger partial charge is 0.471 e. The van der Waals surface area contributed by atoms with Gasteiger partial charge in [0.15, 0.2) is 0 Å². The van der Waals surface area contributed by atoms with Crippen LogP contribution in [0, 0.1) is 0 Å². The number of nitrogens with zero attached hydrogens (tertiary/aromatic N) is 3. The number of H-pyrrole nitrogens is 1. The van der Waals surface area contributed by atoms with Crippen LogP contribution in [0.25, 0.3) is 28.5 Å². The first-order valence-corrected chi connectivity index (χ1v) is 14.6. The van der Waals surface area contributed by atoms with Crippen LogP contribution in [0.4, 0.5) is 11.4 Å². The molecule has 1 N–H and O–H groups in total. The predicted octanol–water partition coefficient (Wildman–Crippen LogP) is 8.02. The van der Waals surface area contributed by atoms with E-state index in [9.17, 15) is 0 Å². The van der Waals surface area contributed by atoms with Crippen molar-refractivity contribution in [3.8, 4) is 28.1 Å². The number of hydrogen-bond acceptors (Lipinski definition) is 4. The fourth-order valence-electron chi connectivity index (χ4n) is 6.36. The zero-order valence-corrected chi connectivity index (χ0v) is 24.2. The third-order valence-corrected chi connectivity index (χ3v) is 8.35. The summed E-state index contributed by atoms with van der Waals surface area (Å²) in [6.07, 6.45) is 8.08. The second-order valence-electron chi connectivity index (χ2n) is 10.3. The highest BCUT2D eigenvalue weighted by molar-refractivity contribution is 5.89. The Hall–Kier alpha value is -4.25. The number of aromatic amines is 1. The van der Waals surface area contributed by atoms with Gasteiger partial charge in [-0.25, -0.2) is 4.98 Å². The quantitative estimate of drug-likeness (QED) is 0.234. The minimum absolute atomic E-state index is 0.817. The average molecular weight is 531 g/mol. The summed E-state index contributed by atoms with van der Waals surface area (Å²) in [5.41, 5.74) is 9.33. The molecular weight excluding hydrogens is 492 g/mol. The Morgan fingerprint density at radius 3 is 1.95 bits per heavy atom. The van der Waals surface area contributed by atoms with Crippen LogP contribution in [0.5, 0.6) is 5.75 Å². The molecule has 0 saturated carbocycles. The summed E-state index contributed by atoms with van der Waals surface area (Å²) in [7, 11) is 0. The number of hydrogen-bond donors (Lipinski definition) is 1. The SMILES string of the molecule is C/C=C\C=C/c1nc2c([nH]1)C1(Oc3ccccc3-2)c2ccc(N(CC)CC)cc2-c2cc(N(CC)CC)ccc21. The molecule has 1 aromatic heterocycles. The second kappa shape index (κ2) is 10.4. The van der Waals surface area contributed by atoms with Gasteiger partial charge in [0.2, 0.25) is 5.60 Å². The Bertz CT molecular complexity index is 1540. The fraction of sp³-hybridized carbons (Fsp3) is 0.286. The highest BCUT2D eigenvalue weighted by Gasteiger charge is 2.52. The summed E-state index contributed by atoms with van der Waals surface area (Å²) in [6.45, 7) is 14.7. The van der Waals surface area contributed by atoms with E-state index in [4.69, 9.17) is 9.72 Å². The third kappa shape index (κ3) is 3.87. The van der Waals surface area contributed by atoms with Gasteiger partial charge in [0, 0.05) is 54.2 Å². The Kier molecular flexibility index (Phi) is 6.75. The van der Waals surface area contributed by atoms with Crippen molar-refractivity contribution in [1.29, 1.82) is 0 Å². The first-order chi connectivity index (χ1) is 19.6. The highest BCUT2D eigenvalue weighted by Crippen LogP contribution is 2.58. The summed E-state index contributed by atoms with van der Waals surface area (Å²) in [4.78, 5) is 13.6. The van der Waals surface area contributed by atoms with Gasteiger partial charge in [-0.3, -0.25) is 0 Å². The van der Waals surface area contributed by atoms with Gasteiger partial charge in [-0.05, 0) is 88.2 Å². The summed E-state index contributed by atoms with van der Waals surface area (Å²) in [6, 6.07) is 22.0. The highest BCUT2D eigenvalue weighted by atomic mass is 16.5. The number of fused-ring (bicyclic) bond motifs is 9. The number of benzene rings is 3. The molecule has 0 unspecified atom stereocenters. The number of aromatic nitrogens is 2. The van der Waals surface area contributed by atoms with Gasteiger partial charge in [0.25, 0.3) is 0 Å². The molecule has 5 heteroatoms. The monoisotopic (exact) mass is 530 g/mol. The number of nitrogens with one attached hydrogen (secondary N) is 1. The number of ether oxygens (including phenoxy) is 1. The topological polar surface area (TPSA) is 44.4 Å². The zero-order valence-electron chi connectivity index (χ0n) is 24.2. The lowest BCUT2D eigenvalue weighted by Crippen LogP contribution is -2.37. The van der Waals surface area contributed by atoms with Crippen molar-refractivity contribution in [2.24, 2.45) is 0 Å². The summed E-state index contributed by atoms with van der Waals surface area (Å²) < 4.78 is 7.17. The van der Waals surface area contributed by atoms with E-state index in [1.54, 1.807) is 0 Å². The van der Waals surface area contributed by atoms with Gasteiger partial charge in [-0.15, -0.1) is 0 Å². The molecule has 2 heterocycles. The van der Waals surface area contributed by atoms with Crippen molar-refractivity contribution in [3.63, 3.8) is 0 Å². The zero-order chi connectivity index (χ0) is 27.9. The fourth-order valence-corrected chi connectivity index (χ4v) is 6.36. The first kappa shape index (κ1) is 26.0. The molecule has 1 aliphatic carbocycles. The maximum atomic E-state index is 7.17. The van der Waals surface area contributed by atoms with Crippen LogP contribution < -0.4 is 14.5 Å². The molecule has 0 bridgehead atoms. The molecule has 204 valence electrons. The van der Waals surface area contributed by atoms with Crippen LogP contribution in [0.15, 0.2) is 78.9 Å². The number of allylic oxidation sites excluding steroid dienone is 3. The van der Waals surface area contributed by atoms with E-state index in [1.165, 1.54) is 22.5 Å². The predicted molar refractivity (Wildman–Crippen MR) is 167 cm³/mol. The number of anilines is 2. The lowest BCUT2D eigenvalue weighted by atomic mass is 9.83. The molecule has 0 radical (unpaired) electrons. The van der Waals surface area contributed by atoms with Crippen LogP contribution in [-0.4, -0.2) is 36.1 Å². The molecule has 5 nitrogen and oxygen atoms in total. The van der Waals surface area contributed by atoms with Gasteiger partial charge >= 0.3 is 0 Å². The van der Waals surface area contributed by atoms with Crippen molar-refractivity contribution < 1.29 is 4.74 Å². The minimum atomic E-state index is -0.822. The molecule has 40 heavy (non-hydrogen) atoms. The summed E-state index contributed by atoms with van der Waals surface area (Å²) in [5, 5.41) is 0. The first-order valence-electron chi connectivity index (χ1n) is 14.6. The van der Waals surface area contributed by atoms with Crippen LogP contribution >= 0.6 is 0 Å². The normalized spacial score (nSPS) is 14.2. The van der Waals surface area contributed by atoms with Gasteiger partial charge < -0.3 is 19.5 Å². The molecule has 3 aromatic carbocycles. The smallest absolute Gasteiger partial charge is 0.202 e. The Morgan fingerprint density at radius 1 is 0.775 bits per heavy atom. The van der Waals surface area contributed by atoms with E-state index < -0.39 is 5.60 Å². The molecule has 1 spiro atoms. The Labute approximate surface area is 237 Å². The van der Waals surface area contributed by atoms with Gasteiger partial charge in [0.05, 0.1) is 5.69 Å². The van der Waals surface area contributed by atoms with E-state index in [0.29, 0.717) is 0 Å².